The summed E-state index contributed by atoms with van der Waals surface area (Å²) < 4.78 is 19.5. The quantitative estimate of drug-likeness (QED) is 0.561. The molecule has 3 nitrogen and oxygen atoms in total. The van der Waals surface area contributed by atoms with E-state index in [0.29, 0.717) is 5.75 Å². The predicted octanol–water partition coefficient (Wildman–Crippen LogP) is 4.06. The van der Waals surface area contributed by atoms with Crippen molar-refractivity contribution in [3.8, 4) is 11.5 Å². The van der Waals surface area contributed by atoms with E-state index < -0.39 is 5.82 Å². The summed E-state index contributed by atoms with van der Waals surface area (Å²) in [5.41, 5.74) is 5.40. The van der Waals surface area contributed by atoms with Crippen molar-refractivity contribution < 1.29 is 9.13 Å². The highest BCUT2D eigenvalue weighted by atomic mass is 19.1. The van der Waals surface area contributed by atoms with Gasteiger partial charge in [0.1, 0.15) is 23.2 Å². The maximum Gasteiger partial charge on any atom is 0.141 e. The topological polar surface area (TPSA) is 59.1 Å². The minimum absolute atomic E-state index is 0.0225. The van der Waals surface area contributed by atoms with Crippen molar-refractivity contribution >= 4 is 16.6 Å². The van der Waals surface area contributed by atoms with E-state index in [-0.39, 0.29) is 17.1 Å². The molecule has 0 saturated carbocycles. The van der Waals surface area contributed by atoms with E-state index in [2.05, 4.69) is 0 Å². The second-order valence-corrected chi connectivity index (χ2v) is 4.64. The van der Waals surface area contributed by atoms with Crippen molar-refractivity contribution in [3.05, 3.63) is 72.0 Å². The number of halogens is 1. The first-order chi connectivity index (χ1) is 10.1. The first kappa shape index (κ1) is 13.1. The Morgan fingerprint density at radius 2 is 1.71 bits per heavy atom. The fraction of sp³-hybridized carbons (Fsp3) is 0. The minimum atomic E-state index is -0.569. The van der Waals surface area contributed by atoms with Gasteiger partial charge < -0.3 is 10.5 Å². The van der Waals surface area contributed by atoms with Gasteiger partial charge in [0.2, 0.25) is 0 Å². The maximum atomic E-state index is 13.8. The van der Waals surface area contributed by atoms with Gasteiger partial charge in [-0.2, -0.15) is 0 Å². The van der Waals surface area contributed by atoms with Crippen LogP contribution in [0, 0.1) is 11.2 Å². The zero-order valence-corrected chi connectivity index (χ0v) is 11.1. The largest absolute Gasteiger partial charge is 0.456 e. The van der Waals surface area contributed by atoms with Crippen LogP contribution in [0.15, 0.2) is 60.7 Å². The van der Waals surface area contributed by atoms with Gasteiger partial charge in [0, 0.05) is 0 Å². The summed E-state index contributed by atoms with van der Waals surface area (Å²) in [4.78, 5) is 0. The van der Waals surface area contributed by atoms with Gasteiger partial charge in [-0.1, -0.05) is 36.4 Å². The highest BCUT2D eigenvalue weighted by Gasteiger charge is 2.13. The molecule has 3 aromatic carbocycles. The molecule has 0 aliphatic rings. The number of ether oxygens (including phenoxy) is 1. The molecule has 0 atom stereocenters. The van der Waals surface area contributed by atoms with E-state index in [1.165, 1.54) is 12.1 Å². The smallest absolute Gasteiger partial charge is 0.141 e. The summed E-state index contributed by atoms with van der Waals surface area (Å²) in [6.07, 6.45) is 0. The van der Waals surface area contributed by atoms with Crippen LogP contribution in [0.25, 0.3) is 10.8 Å². The van der Waals surface area contributed by atoms with Crippen LogP contribution in [0.2, 0.25) is 0 Å². The van der Waals surface area contributed by atoms with Crippen LogP contribution in [0.5, 0.6) is 11.5 Å². The van der Waals surface area contributed by atoms with Crippen LogP contribution >= 0.6 is 0 Å². The van der Waals surface area contributed by atoms with E-state index in [1.807, 2.05) is 36.4 Å². The molecule has 0 heterocycles. The molecule has 3 rings (SSSR count). The number of benzene rings is 3. The molecule has 0 spiro atoms. The molecule has 0 unspecified atom stereocenters. The standard InChI is InChI=1S/C17H13FN2O/c18-14-6-3-7-15(16(14)17(19)20)21-13-9-8-11-4-1-2-5-12(11)10-13/h1-10H,(H3,19,20). The minimum Gasteiger partial charge on any atom is -0.456 e. The van der Waals surface area contributed by atoms with Crippen molar-refractivity contribution in [2.24, 2.45) is 5.73 Å². The lowest BCUT2D eigenvalue weighted by atomic mass is 10.1. The molecule has 104 valence electrons. The lowest BCUT2D eigenvalue weighted by molar-refractivity contribution is 0.476. The summed E-state index contributed by atoms with van der Waals surface area (Å²) in [5.74, 6) is -0.121. The number of fused-ring (bicyclic) bond motifs is 1. The molecule has 0 bridgehead atoms. The second kappa shape index (κ2) is 5.25. The first-order valence-corrected chi connectivity index (χ1v) is 6.45. The number of nitrogens with one attached hydrogen (secondary N) is 1. The Morgan fingerprint density at radius 3 is 2.48 bits per heavy atom. The van der Waals surface area contributed by atoms with Crippen LogP contribution in [-0.4, -0.2) is 5.84 Å². The van der Waals surface area contributed by atoms with Gasteiger partial charge in [0.05, 0.1) is 5.56 Å². The third kappa shape index (κ3) is 2.56. The van der Waals surface area contributed by atoms with E-state index in [4.69, 9.17) is 15.9 Å². The number of rotatable bonds is 3. The third-order valence-electron chi connectivity index (χ3n) is 3.19. The summed E-state index contributed by atoms with van der Waals surface area (Å²) in [6, 6.07) is 17.8. The molecular weight excluding hydrogens is 267 g/mol. The summed E-state index contributed by atoms with van der Waals surface area (Å²) in [6.45, 7) is 0. The molecule has 0 fully saturated rings. The fourth-order valence-electron chi connectivity index (χ4n) is 2.21. The fourth-order valence-corrected chi connectivity index (χ4v) is 2.21. The molecule has 0 aliphatic heterocycles. The van der Waals surface area contributed by atoms with Gasteiger partial charge in [-0.25, -0.2) is 4.39 Å². The van der Waals surface area contributed by atoms with E-state index in [1.54, 1.807) is 12.1 Å². The molecule has 0 amide bonds. The third-order valence-corrected chi connectivity index (χ3v) is 3.19. The summed E-state index contributed by atoms with van der Waals surface area (Å²) >= 11 is 0. The van der Waals surface area contributed by atoms with Gasteiger partial charge in [-0.3, -0.25) is 5.41 Å². The Hall–Kier alpha value is -2.88. The zero-order chi connectivity index (χ0) is 14.8. The SMILES string of the molecule is N=C(N)c1c(F)cccc1Oc1ccc2ccccc2c1. The van der Waals surface area contributed by atoms with Crippen molar-refractivity contribution in [2.75, 3.05) is 0 Å². The van der Waals surface area contributed by atoms with E-state index in [9.17, 15) is 4.39 Å². The molecule has 0 aromatic heterocycles. The summed E-state index contributed by atoms with van der Waals surface area (Å²) in [5, 5.41) is 9.59. The average Bonchev–Trinajstić information content (AvgIpc) is 2.47. The van der Waals surface area contributed by atoms with Crippen LogP contribution in [0.3, 0.4) is 0 Å². The highest BCUT2D eigenvalue weighted by Crippen LogP contribution is 2.29. The van der Waals surface area contributed by atoms with Gasteiger partial charge >= 0.3 is 0 Å². The van der Waals surface area contributed by atoms with Crippen molar-refractivity contribution in [1.29, 1.82) is 5.41 Å². The van der Waals surface area contributed by atoms with Crippen LogP contribution in [0.1, 0.15) is 5.56 Å². The lowest BCUT2D eigenvalue weighted by Gasteiger charge is -2.11. The van der Waals surface area contributed by atoms with Crippen LogP contribution < -0.4 is 10.5 Å². The Kier molecular flexibility index (Phi) is 3.28. The zero-order valence-electron chi connectivity index (χ0n) is 11.1. The lowest BCUT2D eigenvalue weighted by Crippen LogP contribution is -2.14. The number of amidine groups is 1. The first-order valence-electron chi connectivity index (χ1n) is 6.45. The molecule has 0 radical (unpaired) electrons. The van der Waals surface area contributed by atoms with Crippen LogP contribution in [0.4, 0.5) is 4.39 Å². The Balaban J connectivity index is 2.02. The summed E-state index contributed by atoms with van der Waals surface area (Å²) in [7, 11) is 0. The maximum absolute atomic E-state index is 13.8. The number of nitrogens with two attached hydrogens (primary N) is 1. The molecule has 0 aliphatic carbocycles. The molecule has 0 saturated heterocycles. The van der Waals surface area contributed by atoms with Gasteiger partial charge in [-0.15, -0.1) is 0 Å². The number of nitrogen functional groups attached to an aromatic ring is 1. The monoisotopic (exact) mass is 280 g/mol. The number of hydrogen-bond acceptors (Lipinski definition) is 2. The van der Waals surface area contributed by atoms with Crippen molar-refractivity contribution in [1.82, 2.24) is 0 Å². The predicted molar refractivity (Wildman–Crippen MR) is 81.4 cm³/mol. The van der Waals surface area contributed by atoms with E-state index >= 15 is 0 Å². The molecule has 3 N–H and O–H groups in total. The van der Waals surface area contributed by atoms with E-state index in [0.717, 1.165) is 10.8 Å². The molecule has 4 heteroatoms. The normalized spacial score (nSPS) is 10.5. The highest BCUT2D eigenvalue weighted by molar-refractivity contribution is 5.98. The average molecular weight is 280 g/mol. The Labute approximate surface area is 121 Å². The second-order valence-electron chi connectivity index (χ2n) is 4.64. The van der Waals surface area contributed by atoms with Crippen LogP contribution in [-0.2, 0) is 0 Å². The Bertz CT molecular complexity index is 830. The molecule has 3 aromatic rings. The number of hydrogen-bond donors (Lipinski definition) is 2. The molecule has 21 heavy (non-hydrogen) atoms. The van der Waals surface area contributed by atoms with Gasteiger partial charge in [-0.05, 0) is 35.0 Å². The molecular formula is C17H13FN2O. The van der Waals surface area contributed by atoms with Crippen molar-refractivity contribution in [2.45, 2.75) is 0 Å². The Morgan fingerprint density at radius 1 is 0.952 bits per heavy atom. The van der Waals surface area contributed by atoms with Gasteiger partial charge in [0.15, 0.2) is 0 Å². The van der Waals surface area contributed by atoms with Gasteiger partial charge in [0.25, 0.3) is 0 Å². The van der Waals surface area contributed by atoms with Crippen molar-refractivity contribution in [3.63, 3.8) is 0 Å².